The summed E-state index contributed by atoms with van der Waals surface area (Å²) >= 11 is 3.17. The first-order chi connectivity index (χ1) is 6.77. The number of pyridine rings is 1. The van der Waals surface area contributed by atoms with Crippen LogP contribution in [0.4, 0.5) is 0 Å². The van der Waals surface area contributed by atoms with E-state index < -0.39 is 0 Å². The van der Waals surface area contributed by atoms with Crippen LogP contribution in [0, 0.1) is 0 Å². The zero-order valence-electron chi connectivity index (χ0n) is 8.17. The minimum absolute atomic E-state index is 0.0892. The summed E-state index contributed by atoms with van der Waals surface area (Å²) in [5.74, 6) is 0. The fourth-order valence-electron chi connectivity index (χ4n) is 1.12. The zero-order chi connectivity index (χ0) is 10.6. The third-order valence-corrected chi connectivity index (χ3v) is 2.30. The molecule has 2 rings (SSSR count). The number of benzene rings is 1. The van der Waals surface area contributed by atoms with E-state index in [2.05, 4.69) is 20.9 Å². The number of para-hydroxylation sites is 1. The molecule has 0 saturated heterocycles. The lowest BCUT2D eigenvalue weighted by Crippen LogP contribution is -2.05. The molecule has 0 bridgehead atoms. The lowest BCUT2D eigenvalue weighted by Gasteiger charge is -1.96. The van der Waals surface area contributed by atoms with Crippen molar-refractivity contribution in [3.05, 3.63) is 45.2 Å². The van der Waals surface area contributed by atoms with Crippen LogP contribution >= 0.6 is 15.9 Å². The molecule has 1 aromatic carbocycles. The van der Waals surface area contributed by atoms with Crippen LogP contribution in [0.1, 0.15) is 13.8 Å². The van der Waals surface area contributed by atoms with Crippen molar-refractivity contribution < 1.29 is 0 Å². The summed E-state index contributed by atoms with van der Waals surface area (Å²) in [6, 6.07) is 9.48. The smallest absolute Gasteiger partial charge is 0.262 e. The highest BCUT2D eigenvalue weighted by Gasteiger charge is 1.96. The Bertz CT molecular complexity index is 476. The molecule has 0 aliphatic rings. The standard InChI is InChI=1S/C9H6BrNO.C2H6/c10-7-5-6-3-1-2-4-8(6)11-9(7)12;1-2/h1-5H,(H,11,12);1-2H3. The highest BCUT2D eigenvalue weighted by atomic mass is 79.9. The lowest BCUT2D eigenvalue weighted by atomic mass is 10.2. The quantitative estimate of drug-likeness (QED) is 0.768. The van der Waals surface area contributed by atoms with Gasteiger partial charge in [-0.25, -0.2) is 0 Å². The van der Waals surface area contributed by atoms with Crippen LogP contribution in [0.2, 0.25) is 0 Å². The number of aromatic amines is 1. The third-order valence-electron chi connectivity index (χ3n) is 1.71. The van der Waals surface area contributed by atoms with E-state index >= 15 is 0 Å². The number of rotatable bonds is 0. The van der Waals surface area contributed by atoms with Crippen molar-refractivity contribution in [1.82, 2.24) is 4.98 Å². The Morgan fingerprint density at radius 3 is 2.57 bits per heavy atom. The SMILES string of the molecule is CC.O=c1[nH]c2ccccc2cc1Br. The second-order valence-corrected chi connectivity index (χ2v) is 3.39. The van der Waals surface area contributed by atoms with E-state index in [-0.39, 0.29) is 5.56 Å². The first-order valence-corrected chi connectivity index (χ1v) is 5.34. The summed E-state index contributed by atoms with van der Waals surface area (Å²) in [4.78, 5) is 13.9. The van der Waals surface area contributed by atoms with Gasteiger partial charge < -0.3 is 4.98 Å². The van der Waals surface area contributed by atoms with E-state index in [1.807, 2.05) is 44.2 Å². The molecule has 14 heavy (non-hydrogen) atoms. The van der Waals surface area contributed by atoms with Gasteiger partial charge in [0.2, 0.25) is 0 Å². The number of H-pyrrole nitrogens is 1. The summed E-state index contributed by atoms with van der Waals surface area (Å²) in [6.07, 6.45) is 0. The van der Waals surface area contributed by atoms with Crippen LogP contribution in [0.3, 0.4) is 0 Å². The van der Waals surface area contributed by atoms with Crippen LogP contribution in [0.15, 0.2) is 39.6 Å². The number of fused-ring (bicyclic) bond motifs is 1. The topological polar surface area (TPSA) is 32.9 Å². The highest BCUT2D eigenvalue weighted by molar-refractivity contribution is 9.10. The summed E-state index contributed by atoms with van der Waals surface area (Å²) in [7, 11) is 0. The van der Waals surface area contributed by atoms with Gasteiger partial charge in [0.25, 0.3) is 5.56 Å². The van der Waals surface area contributed by atoms with Crippen LogP contribution in [-0.2, 0) is 0 Å². The summed E-state index contributed by atoms with van der Waals surface area (Å²) in [6.45, 7) is 4.00. The van der Waals surface area contributed by atoms with Crippen LogP contribution < -0.4 is 5.56 Å². The molecule has 1 N–H and O–H groups in total. The van der Waals surface area contributed by atoms with Crippen LogP contribution in [0.5, 0.6) is 0 Å². The van der Waals surface area contributed by atoms with Gasteiger partial charge in [-0.3, -0.25) is 4.79 Å². The molecule has 0 spiro atoms. The molecule has 0 saturated carbocycles. The monoisotopic (exact) mass is 253 g/mol. The predicted molar refractivity (Wildman–Crippen MR) is 63.6 cm³/mol. The maximum atomic E-state index is 11.1. The van der Waals surface area contributed by atoms with Crippen molar-refractivity contribution in [2.45, 2.75) is 13.8 Å². The first kappa shape index (κ1) is 11.0. The number of aromatic nitrogens is 1. The van der Waals surface area contributed by atoms with E-state index in [9.17, 15) is 4.79 Å². The minimum atomic E-state index is -0.0892. The van der Waals surface area contributed by atoms with Crippen molar-refractivity contribution in [3.8, 4) is 0 Å². The first-order valence-electron chi connectivity index (χ1n) is 4.55. The molecule has 3 heteroatoms. The summed E-state index contributed by atoms with van der Waals surface area (Å²) < 4.78 is 0.571. The molecule has 0 radical (unpaired) electrons. The van der Waals surface area contributed by atoms with Gasteiger partial charge in [-0.1, -0.05) is 32.0 Å². The Balaban J connectivity index is 0.000000461. The second-order valence-electron chi connectivity index (χ2n) is 2.53. The number of hydrogen-bond donors (Lipinski definition) is 1. The van der Waals surface area contributed by atoms with E-state index in [1.54, 1.807) is 0 Å². The fourth-order valence-corrected chi connectivity index (χ4v) is 1.47. The predicted octanol–water partition coefficient (Wildman–Crippen LogP) is 3.32. The highest BCUT2D eigenvalue weighted by Crippen LogP contribution is 2.12. The average Bonchev–Trinajstić information content (AvgIpc) is 2.23. The Hall–Kier alpha value is -1.09. The summed E-state index contributed by atoms with van der Waals surface area (Å²) in [5.41, 5.74) is 0.777. The average molecular weight is 254 g/mol. The molecule has 0 atom stereocenters. The van der Waals surface area contributed by atoms with Gasteiger partial charge in [-0.05, 0) is 33.4 Å². The van der Waals surface area contributed by atoms with Gasteiger partial charge >= 0.3 is 0 Å². The van der Waals surface area contributed by atoms with Crippen LogP contribution in [-0.4, -0.2) is 4.98 Å². The number of nitrogens with one attached hydrogen (secondary N) is 1. The minimum Gasteiger partial charge on any atom is -0.321 e. The summed E-state index contributed by atoms with van der Waals surface area (Å²) in [5, 5.41) is 1.03. The van der Waals surface area contributed by atoms with Gasteiger partial charge in [0, 0.05) is 5.52 Å². The third kappa shape index (κ3) is 2.23. The molecule has 2 nitrogen and oxygen atoms in total. The Kier molecular flexibility index (Phi) is 3.89. The Labute approximate surface area is 91.1 Å². The maximum absolute atomic E-state index is 11.1. The van der Waals surface area contributed by atoms with Gasteiger partial charge in [-0.2, -0.15) is 0 Å². The fraction of sp³-hybridized carbons (Fsp3) is 0.182. The van der Waals surface area contributed by atoms with E-state index in [0.717, 1.165) is 10.9 Å². The van der Waals surface area contributed by atoms with Gasteiger partial charge in [0.1, 0.15) is 0 Å². The van der Waals surface area contributed by atoms with Gasteiger partial charge in [0.05, 0.1) is 4.47 Å². The van der Waals surface area contributed by atoms with Crippen molar-refractivity contribution >= 4 is 26.8 Å². The molecular formula is C11H12BrNO. The van der Waals surface area contributed by atoms with Gasteiger partial charge in [0.15, 0.2) is 0 Å². The number of hydrogen-bond acceptors (Lipinski definition) is 1. The second kappa shape index (κ2) is 4.96. The Morgan fingerprint density at radius 1 is 1.21 bits per heavy atom. The molecule has 0 fully saturated rings. The molecule has 74 valence electrons. The van der Waals surface area contributed by atoms with Crippen molar-refractivity contribution in [2.75, 3.05) is 0 Å². The van der Waals surface area contributed by atoms with E-state index in [0.29, 0.717) is 4.47 Å². The van der Waals surface area contributed by atoms with Crippen LogP contribution in [0.25, 0.3) is 10.9 Å². The number of halogens is 1. The van der Waals surface area contributed by atoms with E-state index in [4.69, 9.17) is 0 Å². The van der Waals surface area contributed by atoms with E-state index in [1.165, 1.54) is 0 Å². The zero-order valence-corrected chi connectivity index (χ0v) is 9.76. The molecule has 0 aliphatic carbocycles. The molecular weight excluding hydrogens is 242 g/mol. The lowest BCUT2D eigenvalue weighted by molar-refractivity contribution is 1.28. The van der Waals surface area contributed by atoms with Crippen molar-refractivity contribution in [2.24, 2.45) is 0 Å². The maximum Gasteiger partial charge on any atom is 0.262 e. The molecule has 1 heterocycles. The van der Waals surface area contributed by atoms with Crippen molar-refractivity contribution in [1.29, 1.82) is 0 Å². The largest absolute Gasteiger partial charge is 0.321 e. The molecule has 0 amide bonds. The molecule has 2 aromatic rings. The molecule has 0 aliphatic heterocycles. The Morgan fingerprint density at radius 2 is 1.86 bits per heavy atom. The molecule has 1 aromatic heterocycles. The van der Waals surface area contributed by atoms with Crippen molar-refractivity contribution in [3.63, 3.8) is 0 Å². The molecule has 0 unspecified atom stereocenters. The normalized spacial score (nSPS) is 9.36. The van der Waals surface area contributed by atoms with Gasteiger partial charge in [-0.15, -0.1) is 0 Å².